The van der Waals surface area contributed by atoms with Crippen molar-refractivity contribution in [3.05, 3.63) is 119 Å². The minimum atomic E-state index is -1.76. The standard InChI is InChI=1S/C29H24N2O3/c1-18-26(19(2)32)28(24-16-30-25-15-9-7-12-21(24)25)27(33)22-13-6-8-14-23(22)29(28,34)31(18)17-20-10-4-3-5-11-20/h3-16,30,34H,17H2,1-2H3. The molecule has 1 aliphatic carbocycles. The van der Waals surface area contributed by atoms with Crippen LogP contribution in [0.1, 0.15) is 40.9 Å². The molecule has 168 valence electrons. The molecule has 2 unspecified atom stereocenters. The van der Waals surface area contributed by atoms with Gasteiger partial charge in [0.2, 0.25) is 0 Å². The van der Waals surface area contributed by atoms with Crippen molar-refractivity contribution < 1.29 is 14.7 Å². The molecule has 5 nitrogen and oxygen atoms in total. The molecule has 0 saturated heterocycles. The molecule has 1 aliphatic heterocycles. The van der Waals surface area contributed by atoms with E-state index >= 15 is 0 Å². The second kappa shape index (κ2) is 7.02. The number of benzene rings is 3. The third kappa shape index (κ3) is 2.32. The Kier molecular flexibility index (Phi) is 4.26. The van der Waals surface area contributed by atoms with Crippen molar-refractivity contribution in [3.63, 3.8) is 0 Å². The van der Waals surface area contributed by atoms with Crippen LogP contribution < -0.4 is 0 Å². The first-order chi connectivity index (χ1) is 16.4. The number of nitrogens with zero attached hydrogens (tertiary/aromatic N) is 1. The Hall–Kier alpha value is -3.96. The number of rotatable bonds is 4. The van der Waals surface area contributed by atoms with Crippen LogP contribution in [0.4, 0.5) is 0 Å². The summed E-state index contributed by atoms with van der Waals surface area (Å²) in [5, 5.41) is 13.7. The summed E-state index contributed by atoms with van der Waals surface area (Å²) in [5.74, 6) is -0.478. The van der Waals surface area contributed by atoms with Crippen LogP contribution in [0.5, 0.6) is 0 Å². The van der Waals surface area contributed by atoms with Crippen molar-refractivity contribution in [1.29, 1.82) is 0 Å². The summed E-state index contributed by atoms with van der Waals surface area (Å²) >= 11 is 0. The molecule has 0 saturated carbocycles. The van der Waals surface area contributed by atoms with E-state index in [9.17, 15) is 14.7 Å². The second-order valence-electron chi connectivity index (χ2n) is 9.13. The molecule has 3 aromatic carbocycles. The predicted molar refractivity (Wildman–Crippen MR) is 130 cm³/mol. The van der Waals surface area contributed by atoms with Gasteiger partial charge >= 0.3 is 0 Å². The Morgan fingerprint density at radius 3 is 2.38 bits per heavy atom. The third-order valence-electron chi connectivity index (χ3n) is 7.47. The van der Waals surface area contributed by atoms with Crippen LogP contribution in [0.3, 0.4) is 0 Å². The van der Waals surface area contributed by atoms with E-state index in [0.717, 1.165) is 16.5 Å². The quantitative estimate of drug-likeness (QED) is 0.469. The first-order valence-corrected chi connectivity index (χ1v) is 11.4. The Balaban J connectivity index is 1.73. The van der Waals surface area contributed by atoms with Crippen molar-refractivity contribution in [1.82, 2.24) is 9.88 Å². The van der Waals surface area contributed by atoms with E-state index in [2.05, 4.69) is 4.98 Å². The van der Waals surface area contributed by atoms with E-state index in [0.29, 0.717) is 34.5 Å². The monoisotopic (exact) mass is 448 g/mol. The highest BCUT2D eigenvalue weighted by Crippen LogP contribution is 2.64. The molecule has 2 heterocycles. The predicted octanol–water partition coefficient (Wildman–Crippen LogP) is 4.83. The lowest BCUT2D eigenvalue weighted by Gasteiger charge is -2.43. The molecule has 1 aromatic heterocycles. The van der Waals surface area contributed by atoms with Gasteiger partial charge in [0, 0.05) is 51.6 Å². The number of Topliss-reactive ketones (excluding diaryl/α,β-unsaturated/α-hetero) is 2. The topological polar surface area (TPSA) is 73.4 Å². The molecular weight excluding hydrogens is 424 g/mol. The van der Waals surface area contributed by atoms with Crippen LogP contribution in [0.2, 0.25) is 0 Å². The lowest BCUT2D eigenvalue weighted by Crippen LogP contribution is -2.55. The molecule has 0 spiro atoms. The number of hydrogen-bond donors (Lipinski definition) is 2. The van der Waals surface area contributed by atoms with E-state index in [-0.39, 0.29) is 11.6 Å². The normalized spacial score (nSPS) is 23.5. The highest BCUT2D eigenvalue weighted by molar-refractivity contribution is 6.20. The third-order valence-corrected chi connectivity index (χ3v) is 7.47. The Morgan fingerprint density at radius 2 is 1.62 bits per heavy atom. The van der Waals surface area contributed by atoms with E-state index in [1.54, 1.807) is 24.4 Å². The van der Waals surface area contributed by atoms with Crippen LogP contribution in [0, 0.1) is 0 Å². The fourth-order valence-corrected chi connectivity index (χ4v) is 6.18. The molecule has 5 heteroatoms. The molecule has 4 aromatic rings. The van der Waals surface area contributed by atoms with Crippen molar-refractivity contribution in [2.24, 2.45) is 0 Å². The number of allylic oxidation sites excluding steroid dienone is 1. The summed E-state index contributed by atoms with van der Waals surface area (Å²) in [6.45, 7) is 3.67. The summed E-state index contributed by atoms with van der Waals surface area (Å²) < 4.78 is 0. The zero-order valence-electron chi connectivity index (χ0n) is 19.0. The summed E-state index contributed by atoms with van der Waals surface area (Å²) in [5.41, 5.74) is 1.03. The number of hydrogen-bond acceptors (Lipinski definition) is 4. The molecule has 34 heavy (non-hydrogen) atoms. The Morgan fingerprint density at radius 1 is 0.941 bits per heavy atom. The maximum atomic E-state index is 14.4. The van der Waals surface area contributed by atoms with Gasteiger partial charge in [0.05, 0.1) is 0 Å². The van der Waals surface area contributed by atoms with Crippen LogP contribution in [-0.4, -0.2) is 26.6 Å². The van der Waals surface area contributed by atoms with Gasteiger partial charge in [-0.25, -0.2) is 0 Å². The summed E-state index contributed by atoms with van der Waals surface area (Å²) in [6.07, 6.45) is 1.78. The van der Waals surface area contributed by atoms with Gasteiger partial charge in [-0.15, -0.1) is 0 Å². The first kappa shape index (κ1) is 20.6. The van der Waals surface area contributed by atoms with Crippen molar-refractivity contribution in [2.45, 2.75) is 31.5 Å². The maximum Gasteiger partial charge on any atom is 0.187 e. The van der Waals surface area contributed by atoms with Crippen molar-refractivity contribution in [2.75, 3.05) is 0 Å². The van der Waals surface area contributed by atoms with Crippen LogP contribution in [0.25, 0.3) is 10.9 Å². The number of aromatic amines is 1. The zero-order valence-corrected chi connectivity index (χ0v) is 19.0. The number of nitrogens with one attached hydrogen (secondary N) is 1. The van der Waals surface area contributed by atoms with Gasteiger partial charge in [-0.1, -0.05) is 72.8 Å². The number of carbonyl (C=O) groups is 2. The lowest BCUT2D eigenvalue weighted by atomic mass is 9.66. The molecular formula is C29H24N2O3. The van der Waals surface area contributed by atoms with Gasteiger partial charge in [0.15, 0.2) is 17.3 Å². The lowest BCUT2D eigenvalue weighted by molar-refractivity contribution is -0.123. The second-order valence-corrected chi connectivity index (χ2v) is 9.13. The van der Waals surface area contributed by atoms with Crippen LogP contribution in [0.15, 0.2) is 96.3 Å². The fourth-order valence-electron chi connectivity index (χ4n) is 6.18. The highest BCUT2D eigenvalue weighted by Gasteiger charge is 2.73. The summed E-state index contributed by atoms with van der Waals surface area (Å²) in [4.78, 5) is 32.8. The first-order valence-electron chi connectivity index (χ1n) is 11.4. The summed E-state index contributed by atoms with van der Waals surface area (Å²) in [7, 11) is 0. The minimum Gasteiger partial charge on any atom is -0.365 e. The van der Waals surface area contributed by atoms with Gasteiger partial charge in [-0.3, -0.25) is 9.59 Å². The molecule has 0 amide bonds. The zero-order chi connectivity index (χ0) is 23.7. The van der Waals surface area contributed by atoms with Crippen LogP contribution >= 0.6 is 0 Å². The van der Waals surface area contributed by atoms with Gasteiger partial charge in [-0.2, -0.15) is 0 Å². The number of ketones is 2. The molecule has 2 atom stereocenters. The average molecular weight is 449 g/mol. The van der Waals surface area contributed by atoms with Gasteiger partial charge < -0.3 is 15.0 Å². The van der Waals surface area contributed by atoms with E-state index in [4.69, 9.17) is 0 Å². The van der Waals surface area contributed by atoms with E-state index in [1.165, 1.54) is 6.92 Å². The largest absolute Gasteiger partial charge is 0.365 e. The van der Waals surface area contributed by atoms with Gasteiger partial charge in [0.25, 0.3) is 0 Å². The van der Waals surface area contributed by atoms with E-state index < -0.39 is 11.1 Å². The number of fused-ring (bicyclic) bond motifs is 4. The Labute approximate surface area is 197 Å². The number of H-pyrrole nitrogens is 1. The number of para-hydroxylation sites is 1. The molecule has 2 N–H and O–H groups in total. The number of aromatic nitrogens is 1. The number of carbonyl (C=O) groups excluding carboxylic acids is 2. The van der Waals surface area contributed by atoms with Gasteiger partial charge in [0.1, 0.15) is 5.41 Å². The smallest absolute Gasteiger partial charge is 0.187 e. The summed E-state index contributed by atoms with van der Waals surface area (Å²) in [6, 6.07) is 24.7. The SMILES string of the molecule is CC(=O)C1=C(C)N(Cc2ccccc2)C2(O)c3ccccc3C(=O)C12c1c[nH]c2ccccc12. The van der Waals surface area contributed by atoms with Crippen molar-refractivity contribution >= 4 is 22.5 Å². The fraction of sp³-hybridized carbons (Fsp3) is 0.172. The van der Waals surface area contributed by atoms with E-state index in [1.807, 2.05) is 72.5 Å². The molecule has 0 radical (unpaired) electrons. The Bertz CT molecular complexity index is 1520. The average Bonchev–Trinajstić information content (AvgIpc) is 3.42. The van der Waals surface area contributed by atoms with Crippen molar-refractivity contribution in [3.8, 4) is 0 Å². The van der Waals surface area contributed by atoms with Crippen LogP contribution in [-0.2, 0) is 22.5 Å². The molecule has 0 fully saturated rings. The molecule has 0 bridgehead atoms. The highest BCUT2D eigenvalue weighted by atomic mass is 16.3. The molecule has 6 rings (SSSR count). The van der Waals surface area contributed by atoms with Gasteiger partial charge in [-0.05, 0) is 25.5 Å². The number of aliphatic hydroxyl groups is 1. The molecule has 2 aliphatic rings. The minimum absolute atomic E-state index is 0.224. The maximum absolute atomic E-state index is 14.4.